The maximum Gasteiger partial charge on any atom is 0.278 e. The third-order valence-electron chi connectivity index (χ3n) is 6.43. The third kappa shape index (κ3) is 3.86. The molecule has 35 heavy (non-hydrogen) atoms. The normalized spacial score (nSPS) is 19.3. The van der Waals surface area contributed by atoms with Gasteiger partial charge in [0.15, 0.2) is 16.5 Å². The first kappa shape index (κ1) is 23.4. The zero-order valence-corrected chi connectivity index (χ0v) is 19.9. The molecule has 0 radical (unpaired) electrons. The maximum absolute atomic E-state index is 14.1. The Morgan fingerprint density at radius 1 is 1.23 bits per heavy atom. The van der Waals surface area contributed by atoms with Gasteiger partial charge in [-0.15, -0.1) is 10.2 Å². The van der Waals surface area contributed by atoms with Crippen molar-refractivity contribution in [2.45, 2.75) is 38.4 Å². The van der Waals surface area contributed by atoms with Gasteiger partial charge in [0.1, 0.15) is 22.8 Å². The second-order valence-electron chi connectivity index (χ2n) is 8.47. The van der Waals surface area contributed by atoms with Crippen LogP contribution in [0.5, 0.6) is 5.75 Å². The highest BCUT2D eigenvalue weighted by atomic mass is 32.1. The molecule has 0 unspecified atom stereocenters. The molecule has 2 aromatic heterocycles. The molecule has 2 aliphatic heterocycles. The van der Waals surface area contributed by atoms with Crippen molar-refractivity contribution in [3.05, 3.63) is 62.5 Å². The number of methoxy groups -OCH3 is 1. The molecular formula is C23H23F2N5O4S. The largest absolute Gasteiger partial charge is 0.502 e. The van der Waals surface area contributed by atoms with Gasteiger partial charge in [-0.1, -0.05) is 17.4 Å². The molecule has 184 valence electrons. The summed E-state index contributed by atoms with van der Waals surface area (Å²) in [4.78, 5) is 27.9. The summed E-state index contributed by atoms with van der Waals surface area (Å²) in [5.74, 6) is -2.45. The molecule has 9 nitrogen and oxygen atoms in total. The number of benzene rings is 1. The molecular weight excluding hydrogens is 480 g/mol. The average Bonchev–Trinajstić information content (AvgIpc) is 3.46. The minimum atomic E-state index is -0.739. The van der Waals surface area contributed by atoms with Crippen LogP contribution in [0.4, 0.5) is 8.78 Å². The van der Waals surface area contributed by atoms with Gasteiger partial charge in [0, 0.05) is 32.3 Å². The van der Waals surface area contributed by atoms with E-state index in [9.17, 15) is 23.5 Å². The molecule has 0 spiro atoms. The molecule has 1 aromatic carbocycles. The monoisotopic (exact) mass is 503 g/mol. The summed E-state index contributed by atoms with van der Waals surface area (Å²) in [6, 6.07) is 3.23. The van der Waals surface area contributed by atoms with Crippen LogP contribution in [-0.2, 0) is 11.2 Å². The quantitative estimate of drug-likeness (QED) is 0.552. The summed E-state index contributed by atoms with van der Waals surface area (Å²) in [5.41, 5.74) is -0.518. The van der Waals surface area contributed by atoms with Gasteiger partial charge in [0.25, 0.3) is 5.91 Å². The summed E-state index contributed by atoms with van der Waals surface area (Å²) in [7, 11) is 1.60. The lowest BCUT2D eigenvalue weighted by Gasteiger charge is -2.44. The zero-order valence-electron chi connectivity index (χ0n) is 19.1. The van der Waals surface area contributed by atoms with Crippen molar-refractivity contribution < 1.29 is 23.4 Å². The molecule has 5 rings (SSSR count). The molecule has 1 saturated heterocycles. The molecule has 0 aliphatic carbocycles. The van der Waals surface area contributed by atoms with Gasteiger partial charge in [0.2, 0.25) is 5.43 Å². The second-order valence-corrected chi connectivity index (χ2v) is 9.53. The van der Waals surface area contributed by atoms with E-state index in [1.165, 1.54) is 12.3 Å². The molecule has 2 aliphatic rings. The van der Waals surface area contributed by atoms with Crippen molar-refractivity contribution in [1.29, 1.82) is 0 Å². The molecule has 4 heterocycles. The van der Waals surface area contributed by atoms with Gasteiger partial charge in [-0.05, 0) is 31.4 Å². The van der Waals surface area contributed by atoms with Crippen molar-refractivity contribution in [3.8, 4) is 16.3 Å². The van der Waals surface area contributed by atoms with Crippen molar-refractivity contribution in [1.82, 2.24) is 19.8 Å². The van der Waals surface area contributed by atoms with Gasteiger partial charge in [-0.2, -0.15) is 0 Å². The average molecular weight is 504 g/mol. The number of hydrogen-bond donors (Lipinski definition) is 1. The fraction of sp³-hybridized carbons (Fsp3) is 0.391. The number of halogens is 2. The van der Waals surface area contributed by atoms with E-state index in [0.717, 1.165) is 36.3 Å². The van der Waals surface area contributed by atoms with Crippen LogP contribution in [0.2, 0.25) is 0 Å². The highest BCUT2D eigenvalue weighted by molar-refractivity contribution is 7.14. The Kier molecular flexibility index (Phi) is 6.01. The standard InChI is InChI=1S/C23H23F2N5O4S/c1-3-28-18-7-6-14(11-34-2)30(18)29-10-15(20(31)21(32)19(29)23(28)33)22-27-26-17(35-22)8-12-4-5-13(24)9-16(12)25/h4-5,9-10,14,18,32H,3,6-8,11H2,1-2H3/t14-,18-/m0/s1. The van der Waals surface area contributed by atoms with Gasteiger partial charge >= 0.3 is 0 Å². The van der Waals surface area contributed by atoms with Crippen LogP contribution >= 0.6 is 11.3 Å². The topological polar surface area (TPSA) is 101 Å². The van der Waals surface area contributed by atoms with Crippen molar-refractivity contribution in [3.63, 3.8) is 0 Å². The van der Waals surface area contributed by atoms with E-state index in [1.54, 1.807) is 16.7 Å². The van der Waals surface area contributed by atoms with Crippen LogP contribution < -0.4 is 10.4 Å². The molecule has 1 N–H and O–H groups in total. The molecule has 1 fully saturated rings. The lowest BCUT2D eigenvalue weighted by Crippen LogP contribution is -2.61. The van der Waals surface area contributed by atoms with E-state index in [1.807, 2.05) is 11.9 Å². The molecule has 0 saturated carbocycles. The molecule has 1 amide bonds. The minimum absolute atomic E-state index is 0.0629. The first-order valence-electron chi connectivity index (χ1n) is 11.2. The lowest BCUT2D eigenvalue weighted by molar-refractivity contribution is 0.0586. The van der Waals surface area contributed by atoms with E-state index in [0.29, 0.717) is 18.2 Å². The Bertz CT molecular complexity index is 1360. The van der Waals surface area contributed by atoms with E-state index in [2.05, 4.69) is 10.2 Å². The molecule has 0 bridgehead atoms. The smallest absolute Gasteiger partial charge is 0.278 e. The molecule has 12 heteroatoms. The fourth-order valence-electron chi connectivity index (χ4n) is 4.83. The predicted octanol–water partition coefficient (Wildman–Crippen LogP) is 2.49. The number of pyridine rings is 1. The molecule has 2 atom stereocenters. The SMILES string of the molecule is CCN1C(=O)c2c(O)c(=O)c(-c3nnc(Cc4ccc(F)cc4F)s3)cn2N2[C@H](COC)CC[C@@H]12. The number of aromatic hydroxyl groups is 1. The maximum atomic E-state index is 14.1. The number of carbonyl (C=O) groups excluding carboxylic acids is 1. The van der Waals surface area contributed by atoms with Crippen LogP contribution in [0.15, 0.2) is 29.2 Å². The number of nitrogens with zero attached hydrogens (tertiary/aromatic N) is 5. The Morgan fingerprint density at radius 2 is 2.03 bits per heavy atom. The zero-order chi connectivity index (χ0) is 24.9. The van der Waals surface area contributed by atoms with Crippen molar-refractivity contribution in [2.24, 2.45) is 0 Å². The molecule has 3 aromatic rings. The second kappa shape index (κ2) is 9.00. The lowest BCUT2D eigenvalue weighted by atomic mass is 10.1. The first-order valence-corrected chi connectivity index (χ1v) is 12.0. The van der Waals surface area contributed by atoms with Gasteiger partial charge in [-0.3, -0.25) is 19.3 Å². The van der Waals surface area contributed by atoms with Crippen LogP contribution in [0.3, 0.4) is 0 Å². The van der Waals surface area contributed by atoms with Crippen LogP contribution in [-0.4, -0.2) is 63.3 Å². The minimum Gasteiger partial charge on any atom is -0.502 e. The van der Waals surface area contributed by atoms with Gasteiger partial charge in [-0.25, -0.2) is 8.78 Å². The summed E-state index contributed by atoms with van der Waals surface area (Å²) in [6.07, 6.45) is 2.83. The van der Waals surface area contributed by atoms with E-state index >= 15 is 0 Å². The van der Waals surface area contributed by atoms with Crippen LogP contribution in [0.25, 0.3) is 10.6 Å². The van der Waals surface area contributed by atoms with Crippen LogP contribution in [0.1, 0.15) is 40.8 Å². The van der Waals surface area contributed by atoms with Crippen molar-refractivity contribution >= 4 is 17.2 Å². The Balaban J connectivity index is 1.57. The first-order chi connectivity index (χ1) is 16.8. The number of carbonyl (C=O) groups is 1. The summed E-state index contributed by atoms with van der Waals surface area (Å²) < 4.78 is 34.2. The number of fused-ring (bicyclic) bond motifs is 3. The number of aromatic nitrogens is 3. The number of hydrogen-bond acceptors (Lipinski definition) is 8. The van der Waals surface area contributed by atoms with E-state index in [-0.39, 0.29) is 40.5 Å². The number of rotatable bonds is 6. The third-order valence-corrected chi connectivity index (χ3v) is 7.38. The summed E-state index contributed by atoms with van der Waals surface area (Å²) >= 11 is 1.06. The highest BCUT2D eigenvalue weighted by Crippen LogP contribution is 2.35. The van der Waals surface area contributed by atoms with E-state index in [4.69, 9.17) is 4.74 Å². The Morgan fingerprint density at radius 3 is 2.74 bits per heavy atom. The van der Waals surface area contributed by atoms with Gasteiger partial charge < -0.3 is 14.7 Å². The van der Waals surface area contributed by atoms with Crippen LogP contribution in [0, 0.1) is 11.6 Å². The highest BCUT2D eigenvalue weighted by Gasteiger charge is 2.46. The Hall–Kier alpha value is -3.38. The summed E-state index contributed by atoms with van der Waals surface area (Å²) in [5, 5.41) is 21.6. The predicted molar refractivity (Wildman–Crippen MR) is 124 cm³/mol. The van der Waals surface area contributed by atoms with Gasteiger partial charge in [0.05, 0.1) is 18.2 Å². The fourth-order valence-corrected chi connectivity index (χ4v) is 5.70. The van der Waals surface area contributed by atoms with E-state index < -0.39 is 28.7 Å². The number of ether oxygens (including phenoxy) is 1. The summed E-state index contributed by atoms with van der Waals surface area (Å²) in [6.45, 7) is 2.69. The number of amides is 1. The Labute approximate surface area is 203 Å². The van der Waals surface area contributed by atoms with Crippen molar-refractivity contribution in [2.75, 3.05) is 25.3 Å².